The van der Waals surface area contributed by atoms with Gasteiger partial charge in [0.1, 0.15) is 0 Å². The zero-order valence-corrected chi connectivity index (χ0v) is 12.7. The van der Waals surface area contributed by atoms with E-state index in [-0.39, 0.29) is 5.54 Å². The molecule has 1 aliphatic rings. The highest BCUT2D eigenvalue weighted by Gasteiger charge is 2.39. The zero-order valence-electron chi connectivity index (χ0n) is 12.7. The molecule has 2 nitrogen and oxygen atoms in total. The Balaban J connectivity index is 2.84. The molecule has 2 heteroatoms. The van der Waals surface area contributed by atoms with E-state index in [0.717, 1.165) is 11.8 Å². The predicted molar refractivity (Wildman–Crippen MR) is 76.4 cm³/mol. The molecule has 0 amide bonds. The van der Waals surface area contributed by atoms with Crippen LogP contribution >= 0.6 is 0 Å². The van der Waals surface area contributed by atoms with E-state index in [1.54, 1.807) is 0 Å². The standard InChI is InChI=1S/C15H32N2/c1-7-12-10-8-9-11-13(12)14(16-4)15(2,3)17(5)6/h12-14,16H,7-11H2,1-6H3. The van der Waals surface area contributed by atoms with Crippen LogP contribution in [0.1, 0.15) is 52.9 Å². The Kier molecular flexibility index (Phi) is 5.46. The number of likely N-dealkylation sites (N-methyl/N-ethyl adjacent to an activating group) is 2. The van der Waals surface area contributed by atoms with Gasteiger partial charge in [-0.1, -0.05) is 32.6 Å². The molecule has 102 valence electrons. The molecular weight excluding hydrogens is 208 g/mol. The van der Waals surface area contributed by atoms with E-state index in [2.05, 4.69) is 52.1 Å². The molecule has 3 atom stereocenters. The molecule has 1 fully saturated rings. The quantitative estimate of drug-likeness (QED) is 0.794. The number of nitrogens with zero attached hydrogens (tertiary/aromatic N) is 1. The summed E-state index contributed by atoms with van der Waals surface area (Å²) in [4.78, 5) is 2.37. The van der Waals surface area contributed by atoms with Crippen molar-refractivity contribution in [1.82, 2.24) is 10.2 Å². The Bertz CT molecular complexity index is 223. The van der Waals surface area contributed by atoms with Gasteiger partial charge in [0.15, 0.2) is 0 Å². The molecule has 1 N–H and O–H groups in total. The molecule has 0 heterocycles. The van der Waals surface area contributed by atoms with E-state index in [1.807, 2.05) is 0 Å². The normalized spacial score (nSPS) is 28.4. The maximum atomic E-state index is 3.62. The van der Waals surface area contributed by atoms with E-state index in [0.29, 0.717) is 6.04 Å². The van der Waals surface area contributed by atoms with Crippen molar-refractivity contribution in [3.05, 3.63) is 0 Å². The number of hydrogen-bond donors (Lipinski definition) is 1. The largest absolute Gasteiger partial charge is 0.315 e. The van der Waals surface area contributed by atoms with Gasteiger partial charge >= 0.3 is 0 Å². The third-order valence-corrected chi connectivity index (χ3v) is 5.15. The Morgan fingerprint density at radius 3 is 2.29 bits per heavy atom. The third-order valence-electron chi connectivity index (χ3n) is 5.15. The molecule has 3 unspecified atom stereocenters. The van der Waals surface area contributed by atoms with Crippen LogP contribution in [0.2, 0.25) is 0 Å². The summed E-state index contributed by atoms with van der Waals surface area (Å²) in [6.07, 6.45) is 7.03. The van der Waals surface area contributed by atoms with Gasteiger partial charge in [0.2, 0.25) is 0 Å². The first-order valence-electron chi connectivity index (χ1n) is 7.29. The van der Waals surface area contributed by atoms with E-state index < -0.39 is 0 Å². The van der Waals surface area contributed by atoms with Crippen molar-refractivity contribution in [1.29, 1.82) is 0 Å². The van der Waals surface area contributed by atoms with Crippen molar-refractivity contribution >= 4 is 0 Å². The lowest BCUT2D eigenvalue weighted by atomic mass is 9.69. The summed E-state index contributed by atoms with van der Waals surface area (Å²) in [6, 6.07) is 0.600. The highest BCUT2D eigenvalue weighted by Crippen LogP contribution is 2.38. The molecule has 0 aromatic carbocycles. The van der Waals surface area contributed by atoms with Crippen LogP contribution in [0.5, 0.6) is 0 Å². The van der Waals surface area contributed by atoms with E-state index >= 15 is 0 Å². The predicted octanol–water partition coefficient (Wildman–Crippen LogP) is 3.13. The van der Waals surface area contributed by atoms with Gasteiger partial charge in [-0.15, -0.1) is 0 Å². The second-order valence-corrected chi connectivity index (χ2v) is 6.43. The summed E-state index contributed by atoms with van der Waals surface area (Å²) in [5, 5.41) is 3.62. The second-order valence-electron chi connectivity index (χ2n) is 6.43. The first-order chi connectivity index (χ1) is 7.95. The van der Waals surface area contributed by atoms with Crippen molar-refractivity contribution in [2.45, 2.75) is 64.5 Å². The molecule has 0 aromatic rings. The molecule has 1 rings (SSSR count). The lowest BCUT2D eigenvalue weighted by Crippen LogP contribution is -2.59. The molecule has 1 saturated carbocycles. The maximum absolute atomic E-state index is 3.62. The molecule has 0 bridgehead atoms. The minimum Gasteiger partial charge on any atom is -0.315 e. The summed E-state index contributed by atoms with van der Waals surface area (Å²) in [5.41, 5.74) is 0.226. The van der Waals surface area contributed by atoms with Gasteiger partial charge in [0, 0.05) is 11.6 Å². The smallest absolute Gasteiger partial charge is 0.0302 e. The molecule has 17 heavy (non-hydrogen) atoms. The summed E-state index contributed by atoms with van der Waals surface area (Å²) in [5.74, 6) is 1.76. The SMILES string of the molecule is CCC1CCCCC1C(NC)C(C)(C)N(C)C. The van der Waals surface area contributed by atoms with Gasteiger partial charge in [-0.05, 0) is 53.2 Å². The monoisotopic (exact) mass is 240 g/mol. The Labute approximate surface area is 108 Å². The summed E-state index contributed by atoms with van der Waals surface area (Å²) in [7, 11) is 6.54. The minimum atomic E-state index is 0.226. The Morgan fingerprint density at radius 1 is 1.24 bits per heavy atom. The summed E-state index contributed by atoms with van der Waals surface area (Å²) in [6.45, 7) is 7.10. The van der Waals surface area contributed by atoms with E-state index in [1.165, 1.54) is 32.1 Å². The van der Waals surface area contributed by atoms with Crippen molar-refractivity contribution in [3.63, 3.8) is 0 Å². The third kappa shape index (κ3) is 3.23. The van der Waals surface area contributed by atoms with E-state index in [4.69, 9.17) is 0 Å². The number of hydrogen-bond acceptors (Lipinski definition) is 2. The fourth-order valence-corrected chi connectivity index (χ4v) is 3.55. The van der Waals surface area contributed by atoms with Crippen molar-refractivity contribution in [2.24, 2.45) is 11.8 Å². The van der Waals surface area contributed by atoms with Crippen LogP contribution < -0.4 is 5.32 Å². The lowest BCUT2D eigenvalue weighted by molar-refractivity contribution is 0.0627. The average molecular weight is 240 g/mol. The topological polar surface area (TPSA) is 15.3 Å². The number of nitrogens with one attached hydrogen (secondary N) is 1. The Morgan fingerprint density at radius 2 is 1.82 bits per heavy atom. The first-order valence-corrected chi connectivity index (χ1v) is 7.29. The van der Waals surface area contributed by atoms with Gasteiger partial charge < -0.3 is 10.2 Å². The van der Waals surface area contributed by atoms with Crippen LogP contribution in [0.4, 0.5) is 0 Å². The van der Waals surface area contributed by atoms with Crippen LogP contribution in [0.3, 0.4) is 0 Å². The molecule has 0 radical (unpaired) electrons. The van der Waals surface area contributed by atoms with Crippen LogP contribution in [-0.4, -0.2) is 37.6 Å². The van der Waals surface area contributed by atoms with Crippen molar-refractivity contribution in [3.8, 4) is 0 Å². The first kappa shape index (κ1) is 15.0. The highest BCUT2D eigenvalue weighted by molar-refractivity contribution is 4.97. The molecule has 0 saturated heterocycles. The van der Waals surface area contributed by atoms with Gasteiger partial charge in [0.25, 0.3) is 0 Å². The minimum absolute atomic E-state index is 0.226. The summed E-state index contributed by atoms with van der Waals surface area (Å²) < 4.78 is 0. The van der Waals surface area contributed by atoms with Crippen LogP contribution in [0.25, 0.3) is 0 Å². The van der Waals surface area contributed by atoms with Crippen molar-refractivity contribution < 1.29 is 0 Å². The molecule has 1 aliphatic carbocycles. The zero-order chi connectivity index (χ0) is 13.1. The van der Waals surface area contributed by atoms with Crippen molar-refractivity contribution in [2.75, 3.05) is 21.1 Å². The lowest BCUT2D eigenvalue weighted by Gasteiger charge is -2.47. The number of rotatable bonds is 5. The maximum Gasteiger partial charge on any atom is 0.0302 e. The molecule has 0 spiro atoms. The Hall–Kier alpha value is -0.0800. The van der Waals surface area contributed by atoms with Crippen LogP contribution in [0.15, 0.2) is 0 Å². The van der Waals surface area contributed by atoms with Gasteiger partial charge in [0.05, 0.1) is 0 Å². The van der Waals surface area contributed by atoms with Crippen LogP contribution in [0, 0.1) is 11.8 Å². The fraction of sp³-hybridized carbons (Fsp3) is 1.00. The molecule has 0 aliphatic heterocycles. The summed E-state index contributed by atoms with van der Waals surface area (Å²) >= 11 is 0. The average Bonchev–Trinajstić information content (AvgIpc) is 2.30. The van der Waals surface area contributed by atoms with Gasteiger partial charge in [-0.25, -0.2) is 0 Å². The van der Waals surface area contributed by atoms with Gasteiger partial charge in [-0.3, -0.25) is 0 Å². The molecule has 0 aromatic heterocycles. The molecular formula is C15H32N2. The fourth-order valence-electron chi connectivity index (χ4n) is 3.55. The second kappa shape index (κ2) is 6.19. The highest BCUT2D eigenvalue weighted by atomic mass is 15.2. The van der Waals surface area contributed by atoms with E-state index in [9.17, 15) is 0 Å². The van der Waals surface area contributed by atoms with Crippen LogP contribution in [-0.2, 0) is 0 Å². The van der Waals surface area contributed by atoms with Gasteiger partial charge in [-0.2, -0.15) is 0 Å².